The van der Waals surface area contributed by atoms with Gasteiger partial charge in [0.15, 0.2) is 11.5 Å². The molecule has 2 aromatic carbocycles. The predicted octanol–water partition coefficient (Wildman–Crippen LogP) is 4.37. The second kappa shape index (κ2) is 7.70. The number of rotatable bonds is 5. The van der Waals surface area contributed by atoms with E-state index in [1.54, 1.807) is 31.2 Å². The number of aromatic hydroxyl groups is 1. The van der Waals surface area contributed by atoms with Crippen LogP contribution in [0.1, 0.15) is 24.2 Å². The second-order valence-corrected chi connectivity index (χ2v) is 5.27. The average Bonchev–Trinajstić information content (AvgIpc) is 2.54. The van der Waals surface area contributed by atoms with Gasteiger partial charge in [-0.3, -0.25) is 0 Å². The van der Waals surface area contributed by atoms with Crippen LogP contribution in [-0.2, 0) is 9.53 Å². The molecule has 0 unspecified atom stereocenters. The van der Waals surface area contributed by atoms with E-state index in [0.29, 0.717) is 16.3 Å². The molecule has 0 fully saturated rings. The SMILES string of the molecule is COc1cc(/C=C/C(=O)O[C@H](C)c2ccccc2Cl)ccc1O. The molecule has 0 aliphatic heterocycles. The lowest BCUT2D eigenvalue weighted by Crippen LogP contribution is -2.06. The summed E-state index contributed by atoms with van der Waals surface area (Å²) in [4.78, 5) is 11.9. The van der Waals surface area contributed by atoms with Crippen LogP contribution in [0.15, 0.2) is 48.5 Å². The van der Waals surface area contributed by atoms with Gasteiger partial charge in [-0.2, -0.15) is 0 Å². The first-order valence-electron chi connectivity index (χ1n) is 7.01. The van der Waals surface area contributed by atoms with Gasteiger partial charge in [0.05, 0.1) is 7.11 Å². The molecule has 1 atom stereocenters. The summed E-state index contributed by atoms with van der Waals surface area (Å²) in [7, 11) is 1.46. The van der Waals surface area contributed by atoms with Crippen LogP contribution >= 0.6 is 11.6 Å². The van der Waals surface area contributed by atoms with Gasteiger partial charge < -0.3 is 14.6 Å². The Morgan fingerprint density at radius 1 is 1.26 bits per heavy atom. The summed E-state index contributed by atoms with van der Waals surface area (Å²) >= 11 is 6.08. The van der Waals surface area contributed by atoms with Crippen LogP contribution in [0.25, 0.3) is 6.08 Å². The Kier molecular flexibility index (Phi) is 5.66. The Hall–Kier alpha value is -2.46. The van der Waals surface area contributed by atoms with Crippen LogP contribution < -0.4 is 4.74 Å². The fourth-order valence-electron chi connectivity index (χ4n) is 2.04. The number of phenols is 1. The third kappa shape index (κ3) is 4.50. The van der Waals surface area contributed by atoms with E-state index in [-0.39, 0.29) is 5.75 Å². The summed E-state index contributed by atoms with van der Waals surface area (Å²) in [5.41, 5.74) is 1.46. The maximum atomic E-state index is 11.9. The fourth-order valence-corrected chi connectivity index (χ4v) is 2.33. The van der Waals surface area contributed by atoms with E-state index in [1.807, 2.05) is 18.2 Å². The lowest BCUT2D eigenvalue weighted by atomic mass is 10.1. The van der Waals surface area contributed by atoms with E-state index in [4.69, 9.17) is 21.1 Å². The van der Waals surface area contributed by atoms with Gasteiger partial charge in [-0.05, 0) is 36.8 Å². The number of esters is 1. The van der Waals surface area contributed by atoms with E-state index in [2.05, 4.69) is 0 Å². The Balaban J connectivity index is 2.03. The van der Waals surface area contributed by atoms with Crippen molar-refractivity contribution in [1.29, 1.82) is 0 Å². The van der Waals surface area contributed by atoms with Crippen LogP contribution in [0, 0.1) is 0 Å². The molecule has 120 valence electrons. The standard InChI is InChI=1S/C18H17ClO4/c1-12(14-5-3-4-6-15(14)19)23-18(21)10-8-13-7-9-16(20)17(11-13)22-2/h3-12,20H,1-2H3/b10-8+/t12-/m1/s1. The third-order valence-corrected chi connectivity index (χ3v) is 3.60. The van der Waals surface area contributed by atoms with E-state index in [0.717, 1.165) is 5.56 Å². The Morgan fingerprint density at radius 3 is 2.70 bits per heavy atom. The van der Waals surface area contributed by atoms with Crippen LogP contribution in [-0.4, -0.2) is 18.2 Å². The topological polar surface area (TPSA) is 55.8 Å². The zero-order valence-corrected chi connectivity index (χ0v) is 13.6. The van der Waals surface area contributed by atoms with Crippen LogP contribution in [0.5, 0.6) is 11.5 Å². The second-order valence-electron chi connectivity index (χ2n) is 4.87. The number of benzene rings is 2. The third-order valence-electron chi connectivity index (χ3n) is 3.25. The first-order valence-corrected chi connectivity index (χ1v) is 7.39. The van der Waals surface area contributed by atoms with E-state index in [9.17, 15) is 9.90 Å². The summed E-state index contributed by atoms with van der Waals surface area (Å²) in [6, 6.07) is 12.0. The summed E-state index contributed by atoms with van der Waals surface area (Å²) in [5.74, 6) is -0.103. The highest BCUT2D eigenvalue weighted by Crippen LogP contribution is 2.27. The molecule has 5 heteroatoms. The number of hydrogen-bond donors (Lipinski definition) is 1. The first-order chi connectivity index (χ1) is 11.0. The maximum Gasteiger partial charge on any atom is 0.331 e. The number of carbonyl (C=O) groups is 1. The molecule has 0 amide bonds. The van der Waals surface area contributed by atoms with Crippen molar-refractivity contribution in [3.05, 3.63) is 64.7 Å². The molecule has 4 nitrogen and oxygen atoms in total. The van der Waals surface area contributed by atoms with Gasteiger partial charge in [-0.15, -0.1) is 0 Å². The Morgan fingerprint density at radius 2 is 2.00 bits per heavy atom. The van der Waals surface area contributed by atoms with Crippen molar-refractivity contribution >= 4 is 23.6 Å². The largest absolute Gasteiger partial charge is 0.504 e. The monoisotopic (exact) mass is 332 g/mol. The molecule has 0 saturated carbocycles. The maximum absolute atomic E-state index is 11.9. The molecule has 0 aromatic heterocycles. The lowest BCUT2D eigenvalue weighted by molar-refractivity contribution is -0.142. The molecule has 0 aliphatic rings. The number of hydrogen-bond acceptors (Lipinski definition) is 4. The van der Waals surface area contributed by atoms with Crippen molar-refractivity contribution in [2.45, 2.75) is 13.0 Å². The van der Waals surface area contributed by atoms with Gasteiger partial charge in [-0.25, -0.2) is 4.79 Å². The molecular formula is C18H17ClO4. The minimum absolute atomic E-state index is 0.0413. The summed E-state index contributed by atoms with van der Waals surface area (Å²) in [6.45, 7) is 1.76. The van der Waals surface area contributed by atoms with Gasteiger partial charge in [0.25, 0.3) is 0 Å². The molecule has 0 heterocycles. The van der Waals surface area contributed by atoms with Crippen molar-refractivity contribution in [2.75, 3.05) is 7.11 Å². The molecule has 0 aliphatic carbocycles. The summed E-state index contributed by atoms with van der Waals surface area (Å²) < 4.78 is 10.3. The lowest BCUT2D eigenvalue weighted by Gasteiger charge is -2.13. The summed E-state index contributed by atoms with van der Waals surface area (Å²) in [6.07, 6.45) is 2.46. The molecular weight excluding hydrogens is 316 g/mol. The van der Waals surface area contributed by atoms with E-state index < -0.39 is 12.1 Å². The highest BCUT2D eigenvalue weighted by Gasteiger charge is 2.12. The van der Waals surface area contributed by atoms with Crippen molar-refractivity contribution in [2.24, 2.45) is 0 Å². The number of carbonyl (C=O) groups excluding carboxylic acids is 1. The molecule has 2 aromatic rings. The quantitative estimate of drug-likeness (QED) is 0.652. The zero-order chi connectivity index (χ0) is 16.8. The van der Waals surface area contributed by atoms with Gasteiger partial charge in [0.2, 0.25) is 0 Å². The van der Waals surface area contributed by atoms with Crippen LogP contribution in [0.4, 0.5) is 0 Å². The van der Waals surface area contributed by atoms with Gasteiger partial charge in [0.1, 0.15) is 6.10 Å². The molecule has 0 bridgehead atoms. The van der Waals surface area contributed by atoms with Crippen LogP contribution in [0.2, 0.25) is 5.02 Å². The van der Waals surface area contributed by atoms with Crippen LogP contribution in [0.3, 0.4) is 0 Å². The number of methoxy groups -OCH3 is 1. The minimum atomic E-state index is -0.482. The average molecular weight is 333 g/mol. The summed E-state index contributed by atoms with van der Waals surface area (Å²) in [5, 5.41) is 10.1. The molecule has 0 radical (unpaired) electrons. The zero-order valence-electron chi connectivity index (χ0n) is 12.8. The van der Waals surface area contributed by atoms with Gasteiger partial charge in [-0.1, -0.05) is 35.9 Å². The number of phenolic OH excluding ortho intramolecular Hbond substituents is 1. The molecule has 2 rings (SSSR count). The Bertz CT molecular complexity index is 725. The first kappa shape index (κ1) is 16.9. The normalized spacial score (nSPS) is 12.1. The van der Waals surface area contributed by atoms with E-state index in [1.165, 1.54) is 19.3 Å². The van der Waals surface area contributed by atoms with Crippen molar-refractivity contribution in [1.82, 2.24) is 0 Å². The molecule has 1 N–H and O–H groups in total. The highest BCUT2D eigenvalue weighted by molar-refractivity contribution is 6.31. The van der Waals surface area contributed by atoms with Gasteiger partial charge in [0, 0.05) is 16.7 Å². The van der Waals surface area contributed by atoms with Crippen molar-refractivity contribution < 1.29 is 19.4 Å². The Labute approximate surface area is 139 Å². The van der Waals surface area contributed by atoms with Crippen molar-refractivity contribution in [3.63, 3.8) is 0 Å². The molecule has 0 saturated heterocycles. The number of halogens is 1. The number of ether oxygens (including phenoxy) is 2. The minimum Gasteiger partial charge on any atom is -0.504 e. The fraction of sp³-hybridized carbons (Fsp3) is 0.167. The van der Waals surface area contributed by atoms with Crippen molar-refractivity contribution in [3.8, 4) is 11.5 Å². The molecule has 23 heavy (non-hydrogen) atoms. The highest BCUT2D eigenvalue weighted by atomic mass is 35.5. The van der Waals surface area contributed by atoms with E-state index >= 15 is 0 Å². The smallest absolute Gasteiger partial charge is 0.331 e. The molecule has 0 spiro atoms. The van der Waals surface area contributed by atoms with Gasteiger partial charge >= 0.3 is 5.97 Å². The predicted molar refractivity (Wildman–Crippen MR) is 89.7 cm³/mol.